The van der Waals surface area contributed by atoms with Crippen LogP contribution >= 0.6 is 0 Å². The van der Waals surface area contributed by atoms with Gasteiger partial charge in [-0.15, -0.1) is 0 Å². The first-order chi connectivity index (χ1) is 10.7. The molecule has 1 atom stereocenters. The van der Waals surface area contributed by atoms with Gasteiger partial charge in [-0.3, -0.25) is 9.59 Å². The molecule has 1 heterocycles. The molecule has 0 aromatic heterocycles. The molecule has 1 aromatic rings. The summed E-state index contributed by atoms with van der Waals surface area (Å²) in [6.45, 7) is 1.44. The monoisotopic (exact) mass is 302 g/mol. The normalized spacial score (nSPS) is 20.7. The largest absolute Gasteiger partial charge is 0.484 e. The third kappa shape index (κ3) is 4.23. The molecule has 3 rings (SSSR count). The zero-order valence-corrected chi connectivity index (χ0v) is 12.7. The van der Waals surface area contributed by atoms with Crippen LogP contribution < -0.4 is 10.1 Å². The Morgan fingerprint density at radius 3 is 2.68 bits per heavy atom. The average Bonchev–Trinajstić information content (AvgIpc) is 3.21. The molecule has 5 heteroatoms. The van der Waals surface area contributed by atoms with E-state index in [9.17, 15) is 9.59 Å². The summed E-state index contributed by atoms with van der Waals surface area (Å²) in [5.74, 6) is 1.10. The summed E-state index contributed by atoms with van der Waals surface area (Å²) in [6.07, 6.45) is 3.64. The number of nitrogens with one attached hydrogen (secondary N) is 1. The van der Waals surface area contributed by atoms with E-state index >= 15 is 0 Å². The molecule has 1 aliphatic heterocycles. The Hall–Kier alpha value is -2.04. The molecule has 5 nitrogen and oxygen atoms in total. The van der Waals surface area contributed by atoms with E-state index in [4.69, 9.17) is 4.74 Å². The van der Waals surface area contributed by atoms with Gasteiger partial charge < -0.3 is 15.0 Å². The molecule has 0 bridgehead atoms. The van der Waals surface area contributed by atoms with Crippen molar-refractivity contribution in [1.82, 2.24) is 10.2 Å². The second kappa shape index (κ2) is 6.81. The van der Waals surface area contributed by atoms with Gasteiger partial charge in [0.05, 0.1) is 0 Å². The van der Waals surface area contributed by atoms with E-state index in [2.05, 4.69) is 5.32 Å². The van der Waals surface area contributed by atoms with Crippen molar-refractivity contribution < 1.29 is 14.3 Å². The van der Waals surface area contributed by atoms with Gasteiger partial charge in [0, 0.05) is 25.6 Å². The van der Waals surface area contributed by atoms with E-state index in [1.54, 1.807) is 4.90 Å². The number of carbonyl (C=O) groups excluding carboxylic acids is 2. The number of carbonyl (C=O) groups is 2. The molecule has 0 spiro atoms. The van der Waals surface area contributed by atoms with Crippen LogP contribution in [-0.4, -0.2) is 42.5 Å². The molecule has 22 heavy (non-hydrogen) atoms. The van der Waals surface area contributed by atoms with Crippen molar-refractivity contribution in [3.05, 3.63) is 30.3 Å². The molecular weight excluding hydrogens is 280 g/mol. The number of ether oxygens (including phenoxy) is 1. The van der Waals surface area contributed by atoms with Crippen LogP contribution in [0.25, 0.3) is 0 Å². The highest BCUT2D eigenvalue weighted by molar-refractivity contribution is 5.79. The van der Waals surface area contributed by atoms with Crippen LogP contribution in [0.2, 0.25) is 0 Å². The second-order valence-electron chi connectivity index (χ2n) is 6.14. The zero-order chi connectivity index (χ0) is 15.4. The number of rotatable bonds is 6. The topological polar surface area (TPSA) is 58.6 Å². The number of benzene rings is 1. The fourth-order valence-electron chi connectivity index (χ4n) is 2.76. The van der Waals surface area contributed by atoms with Crippen molar-refractivity contribution in [3.63, 3.8) is 0 Å². The van der Waals surface area contributed by atoms with E-state index in [1.807, 2.05) is 30.3 Å². The molecule has 1 aliphatic carbocycles. The summed E-state index contributed by atoms with van der Waals surface area (Å²) in [5, 5.41) is 3.00. The standard InChI is InChI=1S/C17H22N2O3/c20-16(18-14-6-7-14)10-13-8-9-19(11-13)17(21)12-22-15-4-2-1-3-5-15/h1-5,13-14H,6-12H2,(H,18,20). The van der Waals surface area contributed by atoms with E-state index in [1.165, 1.54) is 0 Å². The van der Waals surface area contributed by atoms with Gasteiger partial charge in [-0.2, -0.15) is 0 Å². The van der Waals surface area contributed by atoms with Crippen molar-refractivity contribution in [3.8, 4) is 5.75 Å². The number of likely N-dealkylation sites (tertiary alicyclic amines) is 1. The molecule has 1 unspecified atom stereocenters. The van der Waals surface area contributed by atoms with Gasteiger partial charge in [0.1, 0.15) is 5.75 Å². The van der Waals surface area contributed by atoms with Crippen LogP contribution in [0.5, 0.6) is 5.75 Å². The second-order valence-corrected chi connectivity index (χ2v) is 6.14. The fraction of sp³-hybridized carbons (Fsp3) is 0.529. The highest BCUT2D eigenvalue weighted by Gasteiger charge is 2.30. The maximum absolute atomic E-state index is 12.1. The van der Waals surface area contributed by atoms with Crippen molar-refractivity contribution in [2.75, 3.05) is 19.7 Å². The van der Waals surface area contributed by atoms with E-state index in [-0.39, 0.29) is 24.3 Å². The smallest absolute Gasteiger partial charge is 0.260 e. The number of nitrogens with zero attached hydrogens (tertiary/aromatic N) is 1. The number of amides is 2. The zero-order valence-electron chi connectivity index (χ0n) is 12.7. The summed E-state index contributed by atoms with van der Waals surface area (Å²) in [4.78, 5) is 25.7. The third-order valence-electron chi connectivity index (χ3n) is 4.16. The minimum Gasteiger partial charge on any atom is -0.484 e. The van der Waals surface area contributed by atoms with E-state index in [0.29, 0.717) is 24.8 Å². The molecule has 1 aromatic carbocycles. The van der Waals surface area contributed by atoms with Crippen molar-refractivity contribution in [2.24, 2.45) is 5.92 Å². The maximum Gasteiger partial charge on any atom is 0.260 e. The van der Waals surface area contributed by atoms with Crippen molar-refractivity contribution in [1.29, 1.82) is 0 Å². The summed E-state index contributed by atoms with van der Waals surface area (Å²) in [6, 6.07) is 9.75. The summed E-state index contributed by atoms with van der Waals surface area (Å²) in [7, 11) is 0. The molecule has 1 saturated heterocycles. The van der Waals surface area contributed by atoms with Gasteiger partial charge in [-0.25, -0.2) is 0 Å². The summed E-state index contributed by atoms with van der Waals surface area (Å²) >= 11 is 0. The first-order valence-electron chi connectivity index (χ1n) is 7.95. The molecule has 1 saturated carbocycles. The molecule has 2 fully saturated rings. The Labute approximate surface area is 130 Å². The van der Waals surface area contributed by atoms with Gasteiger partial charge in [-0.05, 0) is 37.3 Å². The minimum atomic E-state index is -0.00560. The van der Waals surface area contributed by atoms with Crippen LogP contribution in [0.1, 0.15) is 25.7 Å². The van der Waals surface area contributed by atoms with Crippen LogP contribution in [0.15, 0.2) is 30.3 Å². The van der Waals surface area contributed by atoms with Gasteiger partial charge in [0.25, 0.3) is 5.91 Å². The maximum atomic E-state index is 12.1. The quantitative estimate of drug-likeness (QED) is 0.868. The highest BCUT2D eigenvalue weighted by atomic mass is 16.5. The highest BCUT2D eigenvalue weighted by Crippen LogP contribution is 2.22. The van der Waals surface area contributed by atoms with Gasteiger partial charge >= 0.3 is 0 Å². The molecule has 118 valence electrons. The SMILES string of the molecule is O=C(CC1CCN(C(=O)COc2ccccc2)C1)NC1CC1. The fourth-order valence-corrected chi connectivity index (χ4v) is 2.76. The Morgan fingerprint density at radius 2 is 1.95 bits per heavy atom. The predicted molar refractivity (Wildman–Crippen MR) is 82.4 cm³/mol. The van der Waals surface area contributed by atoms with Crippen molar-refractivity contribution >= 4 is 11.8 Å². The lowest BCUT2D eigenvalue weighted by Crippen LogP contribution is -2.34. The Balaban J connectivity index is 1.39. The average molecular weight is 302 g/mol. The lowest BCUT2D eigenvalue weighted by Gasteiger charge is -2.17. The number of hydrogen-bond donors (Lipinski definition) is 1. The first kappa shape index (κ1) is 14.9. The Morgan fingerprint density at radius 1 is 1.18 bits per heavy atom. The van der Waals surface area contributed by atoms with Crippen LogP contribution in [0.4, 0.5) is 0 Å². The van der Waals surface area contributed by atoms with Crippen LogP contribution in [0.3, 0.4) is 0 Å². The van der Waals surface area contributed by atoms with Gasteiger partial charge in [0.2, 0.25) is 5.91 Å². The lowest BCUT2D eigenvalue weighted by atomic mass is 10.0. The predicted octanol–water partition coefficient (Wildman–Crippen LogP) is 1.58. The minimum absolute atomic E-state index is 0.00560. The van der Waals surface area contributed by atoms with Crippen LogP contribution in [-0.2, 0) is 9.59 Å². The molecule has 2 amide bonds. The first-order valence-corrected chi connectivity index (χ1v) is 7.95. The lowest BCUT2D eigenvalue weighted by molar-refractivity contribution is -0.132. The van der Waals surface area contributed by atoms with E-state index < -0.39 is 0 Å². The number of para-hydroxylation sites is 1. The molecule has 1 N–H and O–H groups in total. The Bertz CT molecular complexity index is 528. The third-order valence-corrected chi connectivity index (χ3v) is 4.16. The van der Waals surface area contributed by atoms with Gasteiger partial charge in [0.15, 0.2) is 6.61 Å². The number of hydrogen-bond acceptors (Lipinski definition) is 3. The van der Waals surface area contributed by atoms with Crippen LogP contribution in [0, 0.1) is 5.92 Å². The summed E-state index contributed by atoms with van der Waals surface area (Å²) < 4.78 is 5.49. The molecular formula is C17H22N2O3. The van der Waals surface area contributed by atoms with E-state index in [0.717, 1.165) is 25.8 Å². The van der Waals surface area contributed by atoms with Gasteiger partial charge in [-0.1, -0.05) is 18.2 Å². The molecule has 0 radical (unpaired) electrons. The Kier molecular flexibility index (Phi) is 4.61. The van der Waals surface area contributed by atoms with Crippen molar-refractivity contribution in [2.45, 2.75) is 31.7 Å². The molecule has 2 aliphatic rings. The summed E-state index contributed by atoms with van der Waals surface area (Å²) in [5.41, 5.74) is 0.